The number of unbranched alkanes of at least 4 members (excludes halogenated alkanes) is 1. The topological polar surface area (TPSA) is 83.8 Å². The Balaban J connectivity index is 1.67. The second-order valence-corrected chi connectivity index (χ2v) is 13.2. The first-order valence-corrected chi connectivity index (χ1v) is 16.7. The molecule has 2 aromatic carbocycles. The van der Waals surface area contributed by atoms with Gasteiger partial charge in [0.2, 0.25) is 0 Å². The van der Waals surface area contributed by atoms with Gasteiger partial charge in [0, 0.05) is 24.4 Å². The van der Waals surface area contributed by atoms with E-state index >= 15 is 0 Å². The summed E-state index contributed by atoms with van der Waals surface area (Å²) in [5.74, 6) is 0.0404. The van der Waals surface area contributed by atoms with Gasteiger partial charge in [0.25, 0.3) is 0 Å². The maximum absolute atomic E-state index is 10.2. The molecule has 0 bridgehead atoms. The highest BCUT2D eigenvalue weighted by Gasteiger charge is 2.43. The fraction of sp³-hybridized carbons (Fsp3) is 0.357. The maximum atomic E-state index is 10.2. The van der Waals surface area contributed by atoms with Crippen molar-refractivity contribution in [3.8, 4) is 18.2 Å². The number of allylic oxidation sites excluding steroid dienone is 8. The van der Waals surface area contributed by atoms with Crippen molar-refractivity contribution in [2.45, 2.75) is 79.2 Å². The summed E-state index contributed by atoms with van der Waals surface area (Å²) in [6.45, 7) is 15.0. The van der Waals surface area contributed by atoms with Crippen LogP contribution < -0.4 is 4.90 Å². The second-order valence-electron chi connectivity index (χ2n) is 13.2. The molecule has 1 atom stereocenters. The Hall–Kier alpha value is -5.05. The van der Waals surface area contributed by atoms with E-state index in [4.69, 9.17) is 4.74 Å². The van der Waals surface area contributed by atoms with Gasteiger partial charge in [0.1, 0.15) is 23.8 Å². The van der Waals surface area contributed by atoms with E-state index in [0.29, 0.717) is 5.57 Å². The molecular weight excluding hydrogens is 576 g/mol. The molecule has 2 aromatic rings. The van der Waals surface area contributed by atoms with Crippen molar-refractivity contribution in [3.05, 3.63) is 129 Å². The molecule has 0 aromatic heterocycles. The molecule has 1 unspecified atom stereocenters. The van der Waals surface area contributed by atoms with Crippen molar-refractivity contribution >= 4 is 11.8 Å². The number of anilines is 1. The van der Waals surface area contributed by atoms with E-state index in [2.05, 4.69) is 106 Å². The van der Waals surface area contributed by atoms with Crippen LogP contribution in [0.5, 0.6) is 0 Å². The van der Waals surface area contributed by atoms with E-state index in [0.717, 1.165) is 50.8 Å². The molecule has 2 aliphatic rings. The minimum absolute atomic E-state index is 0.0404. The molecule has 5 nitrogen and oxygen atoms in total. The van der Waals surface area contributed by atoms with Crippen LogP contribution in [0.2, 0.25) is 0 Å². The number of nitriles is 3. The van der Waals surface area contributed by atoms with E-state index in [1.165, 1.54) is 28.0 Å². The first-order chi connectivity index (χ1) is 22.6. The average molecular weight is 623 g/mol. The predicted molar refractivity (Wildman–Crippen MR) is 192 cm³/mol. The van der Waals surface area contributed by atoms with E-state index in [1.807, 2.05) is 43.3 Å². The standard InChI is InChI=1S/C42H46N4O/c1-7-10-12-31-17-21-36(22-18-31)42(6)39(38(30-45)40(47-42)35(28-43)29-44)14-11-13-33-25-34(27-41(4,5)26-33)16-15-32-19-23-37(24-20-32)46(8-2)9-3/h11,13-25H,7-10,12,26-27H2,1-6H3/b14-11+,16-15+,33-13+. The largest absolute Gasteiger partial charge is 0.474 e. The lowest BCUT2D eigenvalue weighted by atomic mass is 9.75. The Labute approximate surface area is 281 Å². The molecular formula is C42H46N4O. The molecule has 0 radical (unpaired) electrons. The van der Waals surface area contributed by atoms with Crippen molar-refractivity contribution in [1.82, 2.24) is 0 Å². The highest BCUT2D eigenvalue weighted by molar-refractivity contribution is 5.63. The fourth-order valence-corrected chi connectivity index (χ4v) is 6.49. The average Bonchev–Trinajstić information content (AvgIpc) is 3.35. The zero-order valence-electron chi connectivity index (χ0n) is 28.7. The molecule has 47 heavy (non-hydrogen) atoms. The lowest BCUT2D eigenvalue weighted by Gasteiger charge is -2.30. The number of benzene rings is 2. The maximum Gasteiger partial charge on any atom is 0.172 e. The number of hydrogen-bond acceptors (Lipinski definition) is 5. The van der Waals surface area contributed by atoms with Crippen LogP contribution in [-0.2, 0) is 16.8 Å². The van der Waals surface area contributed by atoms with Crippen LogP contribution in [0, 0.1) is 39.4 Å². The summed E-state index contributed by atoms with van der Waals surface area (Å²) >= 11 is 0. The summed E-state index contributed by atoms with van der Waals surface area (Å²) in [7, 11) is 0. The van der Waals surface area contributed by atoms with E-state index < -0.39 is 5.60 Å². The normalized spacial score (nSPS) is 19.8. The summed E-state index contributed by atoms with van der Waals surface area (Å²) in [6.07, 6.45) is 17.7. The number of ether oxygens (including phenoxy) is 1. The van der Waals surface area contributed by atoms with E-state index in [1.54, 1.807) is 0 Å². The fourth-order valence-electron chi connectivity index (χ4n) is 6.49. The third-order valence-corrected chi connectivity index (χ3v) is 9.02. The molecule has 0 N–H and O–H groups in total. The Kier molecular flexibility index (Phi) is 11.5. The zero-order valence-corrected chi connectivity index (χ0v) is 28.7. The van der Waals surface area contributed by atoms with Gasteiger partial charge in [-0.05, 0) is 91.8 Å². The third kappa shape index (κ3) is 8.22. The minimum Gasteiger partial charge on any atom is -0.474 e. The lowest BCUT2D eigenvalue weighted by Crippen LogP contribution is -2.23. The minimum atomic E-state index is -1.03. The van der Waals surface area contributed by atoms with Gasteiger partial charge in [0.15, 0.2) is 16.9 Å². The van der Waals surface area contributed by atoms with Crippen LogP contribution >= 0.6 is 0 Å². The summed E-state index contributed by atoms with van der Waals surface area (Å²) in [5.41, 5.74) is 6.66. The quantitative estimate of drug-likeness (QED) is 0.233. The highest BCUT2D eigenvalue weighted by Crippen LogP contribution is 2.47. The molecule has 0 spiro atoms. The molecule has 1 heterocycles. The van der Waals surface area contributed by atoms with Gasteiger partial charge in [-0.1, -0.05) is 100 Å². The Morgan fingerprint density at radius 1 is 0.872 bits per heavy atom. The monoisotopic (exact) mass is 622 g/mol. The molecule has 0 saturated carbocycles. The van der Waals surface area contributed by atoms with Crippen molar-refractivity contribution in [1.29, 1.82) is 15.8 Å². The Morgan fingerprint density at radius 2 is 1.55 bits per heavy atom. The lowest BCUT2D eigenvalue weighted by molar-refractivity contribution is 0.0755. The molecule has 1 aliphatic heterocycles. The van der Waals surface area contributed by atoms with Crippen molar-refractivity contribution < 1.29 is 4.74 Å². The van der Waals surface area contributed by atoms with Crippen LogP contribution in [0.4, 0.5) is 5.69 Å². The number of hydrogen-bond donors (Lipinski definition) is 0. The van der Waals surface area contributed by atoms with Gasteiger partial charge in [0.05, 0.1) is 0 Å². The first kappa shape index (κ1) is 34.8. The third-order valence-electron chi connectivity index (χ3n) is 9.02. The SMILES string of the molecule is CCCCc1ccc(C2(C)OC(=C(C#N)C#N)C(C#N)=C2/C=C/C=C2C=C(/C=C/c3ccc(N(CC)CC)cc3)CC(C)(C)C\2)cc1. The number of nitrogens with zero attached hydrogens (tertiary/aromatic N) is 4. The van der Waals surface area contributed by atoms with Crippen LogP contribution in [0.1, 0.15) is 83.9 Å². The molecule has 0 fully saturated rings. The number of aryl methyl sites for hydroxylation is 1. The van der Waals surface area contributed by atoms with Gasteiger partial charge in [-0.25, -0.2) is 0 Å². The smallest absolute Gasteiger partial charge is 0.172 e. The predicted octanol–water partition coefficient (Wildman–Crippen LogP) is 10.2. The summed E-state index contributed by atoms with van der Waals surface area (Å²) in [4.78, 5) is 2.34. The summed E-state index contributed by atoms with van der Waals surface area (Å²) in [6, 6.07) is 23.0. The van der Waals surface area contributed by atoms with Gasteiger partial charge in [-0.2, -0.15) is 15.8 Å². The summed E-state index contributed by atoms with van der Waals surface area (Å²) in [5, 5.41) is 29.5. The molecule has 4 rings (SSSR count). The Morgan fingerprint density at radius 3 is 2.15 bits per heavy atom. The van der Waals surface area contributed by atoms with Gasteiger partial charge in [-0.15, -0.1) is 0 Å². The second kappa shape index (κ2) is 15.5. The van der Waals surface area contributed by atoms with E-state index in [-0.39, 0.29) is 22.3 Å². The van der Waals surface area contributed by atoms with Crippen molar-refractivity contribution in [2.75, 3.05) is 18.0 Å². The first-order valence-electron chi connectivity index (χ1n) is 16.7. The number of rotatable bonds is 11. The van der Waals surface area contributed by atoms with Crippen molar-refractivity contribution in [3.63, 3.8) is 0 Å². The zero-order chi connectivity index (χ0) is 34.0. The van der Waals surface area contributed by atoms with Crippen LogP contribution in [0.3, 0.4) is 0 Å². The summed E-state index contributed by atoms with van der Waals surface area (Å²) < 4.78 is 6.36. The van der Waals surface area contributed by atoms with Gasteiger partial charge < -0.3 is 9.64 Å². The molecule has 5 heteroatoms. The van der Waals surface area contributed by atoms with Gasteiger partial charge >= 0.3 is 0 Å². The van der Waals surface area contributed by atoms with Crippen LogP contribution in [-0.4, -0.2) is 13.1 Å². The Bertz CT molecular complexity index is 1740. The van der Waals surface area contributed by atoms with Crippen molar-refractivity contribution in [2.24, 2.45) is 5.41 Å². The van der Waals surface area contributed by atoms with Crippen LogP contribution in [0.25, 0.3) is 6.08 Å². The molecule has 0 saturated heterocycles. The van der Waals surface area contributed by atoms with E-state index in [9.17, 15) is 15.8 Å². The highest BCUT2D eigenvalue weighted by atomic mass is 16.5. The van der Waals surface area contributed by atoms with Gasteiger partial charge in [-0.3, -0.25) is 0 Å². The molecule has 0 amide bonds. The van der Waals surface area contributed by atoms with Crippen LogP contribution in [0.15, 0.2) is 113 Å². The molecule has 1 aliphatic carbocycles. The molecule has 240 valence electrons.